The van der Waals surface area contributed by atoms with Crippen molar-refractivity contribution in [2.75, 3.05) is 19.6 Å². The van der Waals surface area contributed by atoms with Crippen LogP contribution in [0.5, 0.6) is 0 Å². The van der Waals surface area contributed by atoms with Crippen molar-refractivity contribution in [3.8, 4) is 0 Å². The number of nitrogens with zero attached hydrogens (tertiary/aromatic N) is 1. The zero-order valence-corrected chi connectivity index (χ0v) is 12.1. The molecule has 1 unspecified atom stereocenters. The molecule has 2 heteroatoms. The van der Waals surface area contributed by atoms with E-state index < -0.39 is 0 Å². The molecule has 0 saturated carbocycles. The quantitative estimate of drug-likeness (QED) is 0.656. The molecule has 16 heavy (non-hydrogen) atoms. The van der Waals surface area contributed by atoms with Crippen LogP contribution >= 0.6 is 0 Å². The topological polar surface area (TPSA) is 29.3 Å². The molecular formula is C14H32N2. The van der Waals surface area contributed by atoms with Crippen LogP contribution in [0.25, 0.3) is 0 Å². The minimum Gasteiger partial charge on any atom is -0.327 e. The Hall–Kier alpha value is -0.0800. The van der Waals surface area contributed by atoms with Crippen molar-refractivity contribution in [3.63, 3.8) is 0 Å². The van der Waals surface area contributed by atoms with E-state index in [1.807, 2.05) is 0 Å². The van der Waals surface area contributed by atoms with E-state index in [1.54, 1.807) is 0 Å². The lowest BCUT2D eigenvalue weighted by Gasteiger charge is -2.35. The lowest BCUT2D eigenvalue weighted by atomic mass is 9.85. The van der Waals surface area contributed by atoms with Gasteiger partial charge >= 0.3 is 0 Å². The van der Waals surface area contributed by atoms with Crippen molar-refractivity contribution in [2.45, 2.75) is 66.3 Å². The molecule has 0 aromatic heterocycles. The molecule has 2 nitrogen and oxygen atoms in total. The van der Waals surface area contributed by atoms with E-state index in [-0.39, 0.29) is 11.5 Å². The Bertz CT molecular complexity index is 156. The van der Waals surface area contributed by atoms with Crippen LogP contribution in [-0.4, -0.2) is 30.6 Å². The average molecular weight is 228 g/mol. The Labute approximate surface area is 103 Å². The van der Waals surface area contributed by atoms with Crippen molar-refractivity contribution in [1.82, 2.24) is 4.90 Å². The molecule has 0 rings (SSSR count). The van der Waals surface area contributed by atoms with E-state index in [2.05, 4.69) is 39.5 Å². The summed E-state index contributed by atoms with van der Waals surface area (Å²) < 4.78 is 0. The molecule has 0 spiro atoms. The molecule has 2 N–H and O–H groups in total. The molecule has 0 fully saturated rings. The average Bonchev–Trinajstić information content (AvgIpc) is 2.21. The van der Waals surface area contributed by atoms with Gasteiger partial charge in [-0.25, -0.2) is 0 Å². The Kier molecular flexibility index (Phi) is 8.04. The molecule has 0 aliphatic rings. The first-order chi connectivity index (χ1) is 7.44. The fourth-order valence-corrected chi connectivity index (χ4v) is 1.75. The van der Waals surface area contributed by atoms with Gasteiger partial charge in [-0.2, -0.15) is 0 Å². The second-order valence-corrected chi connectivity index (χ2v) is 5.76. The molecule has 0 aliphatic carbocycles. The highest BCUT2D eigenvalue weighted by molar-refractivity contribution is 4.81. The monoisotopic (exact) mass is 228 g/mol. The fraction of sp³-hybridized carbons (Fsp3) is 1.00. The second kappa shape index (κ2) is 8.08. The molecule has 0 bridgehead atoms. The zero-order chi connectivity index (χ0) is 12.6. The second-order valence-electron chi connectivity index (χ2n) is 5.76. The SMILES string of the molecule is CCCCN(CCCC)CC(C)(C)C(C)N. The minimum atomic E-state index is 0.224. The lowest BCUT2D eigenvalue weighted by Crippen LogP contribution is -2.44. The van der Waals surface area contributed by atoms with E-state index in [9.17, 15) is 0 Å². The molecule has 0 radical (unpaired) electrons. The third-order valence-electron chi connectivity index (χ3n) is 3.52. The zero-order valence-electron chi connectivity index (χ0n) is 12.1. The molecule has 0 amide bonds. The van der Waals surface area contributed by atoms with Crippen LogP contribution in [0.1, 0.15) is 60.3 Å². The first kappa shape index (κ1) is 15.9. The maximum atomic E-state index is 6.05. The molecule has 0 aromatic rings. The van der Waals surface area contributed by atoms with Crippen LogP contribution in [-0.2, 0) is 0 Å². The van der Waals surface area contributed by atoms with Crippen LogP contribution in [0.3, 0.4) is 0 Å². The van der Waals surface area contributed by atoms with E-state index in [1.165, 1.54) is 38.8 Å². The van der Waals surface area contributed by atoms with Crippen LogP contribution in [0.15, 0.2) is 0 Å². The van der Waals surface area contributed by atoms with E-state index >= 15 is 0 Å². The minimum absolute atomic E-state index is 0.224. The van der Waals surface area contributed by atoms with Gasteiger partial charge in [-0.15, -0.1) is 0 Å². The van der Waals surface area contributed by atoms with Gasteiger partial charge in [0, 0.05) is 12.6 Å². The predicted molar refractivity (Wildman–Crippen MR) is 73.7 cm³/mol. The Morgan fingerprint density at radius 3 is 1.81 bits per heavy atom. The van der Waals surface area contributed by atoms with E-state index in [0.29, 0.717) is 0 Å². The summed E-state index contributed by atoms with van der Waals surface area (Å²) in [4.78, 5) is 2.59. The van der Waals surface area contributed by atoms with Crippen molar-refractivity contribution >= 4 is 0 Å². The molecule has 1 atom stereocenters. The maximum Gasteiger partial charge on any atom is 0.00739 e. The summed E-state index contributed by atoms with van der Waals surface area (Å²) >= 11 is 0. The fourth-order valence-electron chi connectivity index (χ4n) is 1.75. The van der Waals surface area contributed by atoms with Gasteiger partial charge in [0.15, 0.2) is 0 Å². The Morgan fingerprint density at radius 2 is 1.50 bits per heavy atom. The standard InChI is InChI=1S/C14H32N2/c1-6-8-10-16(11-9-7-2)12-14(4,5)13(3)15/h13H,6-12,15H2,1-5H3. The molecule has 0 saturated heterocycles. The summed E-state index contributed by atoms with van der Waals surface area (Å²) in [7, 11) is 0. The number of hydrogen-bond acceptors (Lipinski definition) is 2. The normalized spacial score (nSPS) is 14.4. The van der Waals surface area contributed by atoms with Crippen molar-refractivity contribution in [1.29, 1.82) is 0 Å². The lowest BCUT2D eigenvalue weighted by molar-refractivity contribution is 0.154. The van der Waals surface area contributed by atoms with Crippen molar-refractivity contribution < 1.29 is 0 Å². The van der Waals surface area contributed by atoms with E-state index in [4.69, 9.17) is 5.73 Å². The van der Waals surface area contributed by atoms with Crippen LogP contribution in [0.2, 0.25) is 0 Å². The largest absolute Gasteiger partial charge is 0.327 e. The van der Waals surface area contributed by atoms with Gasteiger partial charge in [0.05, 0.1) is 0 Å². The van der Waals surface area contributed by atoms with Gasteiger partial charge in [0.2, 0.25) is 0 Å². The highest BCUT2D eigenvalue weighted by Gasteiger charge is 2.25. The summed E-state index contributed by atoms with van der Waals surface area (Å²) in [6.45, 7) is 14.8. The van der Waals surface area contributed by atoms with Crippen LogP contribution < -0.4 is 5.73 Å². The summed E-state index contributed by atoms with van der Waals surface area (Å²) in [5, 5.41) is 0. The smallest absolute Gasteiger partial charge is 0.00739 e. The summed E-state index contributed by atoms with van der Waals surface area (Å²) in [5.41, 5.74) is 6.27. The number of nitrogens with two attached hydrogens (primary N) is 1. The first-order valence-corrected chi connectivity index (χ1v) is 6.92. The Balaban J connectivity index is 4.17. The van der Waals surface area contributed by atoms with Gasteiger partial charge in [-0.05, 0) is 38.3 Å². The van der Waals surface area contributed by atoms with Crippen LogP contribution in [0, 0.1) is 5.41 Å². The van der Waals surface area contributed by atoms with Gasteiger partial charge in [0.1, 0.15) is 0 Å². The Morgan fingerprint density at radius 1 is 1.06 bits per heavy atom. The third-order valence-corrected chi connectivity index (χ3v) is 3.52. The summed E-state index contributed by atoms with van der Waals surface area (Å²) in [5.74, 6) is 0. The number of hydrogen-bond donors (Lipinski definition) is 1. The molecule has 0 aliphatic heterocycles. The van der Waals surface area contributed by atoms with Gasteiger partial charge in [-0.3, -0.25) is 0 Å². The summed E-state index contributed by atoms with van der Waals surface area (Å²) in [6, 6.07) is 0.262. The molecule has 98 valence electrons. The molecular weight excluding hydrogens is 196 g/mol. The van der Waals surface area contributed by atoms with Crippen molar-refractivity contribution in [3.05, 3.63) is 0 Å². The van der Waals surface area contributed by atoms with Gasteiger partial charge in [0.25, 0.3) is 0 Å². The van der Waals surface area contributed by atoms with E-state index in [0.717, 1.165) is 6.54 Å². The molecule has 0 heterocycles. The summed E-state index contributed by atoms with van der Waals surface area (Å²) in [6.07, 6.45) is 5.17. The van der Waals surface area contributed by atoms with Crippen LogP contribution in [0.4, 0.5) is 0 Å². The first-order valence-electron chi connectivity index (χ1n) is 6.92. The predicted octanol–water partition coefficient (Wildman–Crippen LogP) is 3.26. The van der Waals surface area contributed by atoms with Gasteiger partial charge in [-0.1, -0.05) is 40.5 Å². The third kappa shape index (κ3) is 6.49. The number of rotatable bonds is 9. The number of unbranched alkanes of at least 4 members (excludes halogenated alkanes) is 2. The highest BCUT2D eigenvalue weighted by atomic mass is 15.1. The van der Waals surface area contributed by atoms with Crippen molar-refractivity contribution in [2.24, 2.45) is 11.1 Å². The maximum absolute atomic E-state index is 6.05. The highest BCUT2D eigenvalue weighted by Crippen LogP contribution is 2.21. The molecule has 0 aromatic carbocycles. The van der Waals surface area contributed by atoms with Gasteiger partial charge < -0.3 is 10.6 Å².